The van der Waals surface area contributed by atoms with Gasteiger partial charge in [-0.25, -0.2) is 13.4 Å². The number of rotatable bonds is 4. The topological polar surface area (TPSA) is 75.6 Å². The summed E-state index contributed by atoms with van der Waals surface area (Å²) in [4.78, 5) is 12.3. The van der Waals surface area contributed by atoms with Crippen LogP contribution in [0, 0.1) is 6.92 Å². The van der Waals surface area contributed by atoms with Crippen molar-refractivity contribution in [2.75, 3.05) is 13.1 Å². The molecule has 30 heavy (non-hydrogen) atoms. The SMILES string of the molecule is Cc1ccsc1CN1CC2Oc3ncccc3S(=O)(=O)N(Cc3ccccn3)C2C1. The number of sulfonamides is 1. The van der Waals surface area contributed by atoms with Crippen LogP contribution in [0.4, 0.5) is 0 Å². The molecule has 0 radical (unpaired) electrons. The highest BCUT2D eigenvalue weighted by atomic mass is 32.2. The van der Waals surface area contributed by atoms with Crippen molar-refractivity contribution in [2.24, 2.45) is 0 Å². The number of hydrogen-bond acceptors (Lipinski definition) is 7. The minimum Gasteiger partial charge on any atom is -0.470 e. The van der Waals surface area contributed by atoms with Crippen LogP contribution in [0.1, 0.15) is 16.1 Å². The van der Waals surface area contributed by atoms with Gasteiger partial charge in [-0.15, -0.1) is 11.3 Å². The molecule has 2 unspecified atom stereocenters. The minimum atomic E-state index is -3.78. The Balaban J connectivity index is 1.51. The molecule has 0 aliphatic carbocycles. The van der Waals surface area contributed by atoms with Crippen LogP contribution in [0.3, 0.4) is 0 Å². The largest absolute Gasteiger partial charge is 0.470 e. The molecule has 2 aliphatic rings. The van der Waals surface area contributed by atoms with E-state index in [0.29, 0.717) is 18.8 Å². The maximum Gasteiger partial charge on any atom is 0.249 e. The molecular formula is C21H22N4O3S2. The van der Waals surface area contributed by atoms with E-state index in [1.54, 1.807) is 40.2 Å². The lowest BCUT2D eigenvalue weighted by atomic mass is 10.2. The lowest BCUT2D eigenvalue weighted by Gasteiger charge is -2.27. The monoisotopic (exact) mass is 442 g/mol. The molecule has 0 amide bonds. The van der Waals surface area contributed by atoms with Crippen LogP contribution in [0.2, 0.25) is 0 Å². The molecule has 0 aromatic carbocycles. The molecule has 2 atom stereocenters. The van der Waals surface area contributed by atoms with Gasteiger partial charge in [0.15, 0.2) is 0 Å². The van der Waals surface area contributed by atoms with Crippen LogP contribution >= 0.6 is 11.3 Å². The zero-order valence-electron chi connectivity index (χ0n) is 16.5. The van der Waals surface area contributed by atoms with Gasteiger partial charge in [0, 0.05) is 36.9 Å². The Hall–Kier alpha value is -2.33. The Morgan fingerprint density at radius 3 is 2.73 bits per heavy atom. The van der Waals surface area contributed by atoms with E-state index in [0.717, 1.165) is 6.54 Å². The van der Waals surface area contributed by atoms with E-state index in [4.69, 9.17) is 4.74 Å². The van der Waals surface area contributed by atoms with Gasteiger partial charge in [-0.1, -0.05) is 6.07 Å². The van der Waals surface area contributed by atoms with E-state index < -0.39 is 10.0 Å². The van der Waals surface area contributed by atoms with Gasteiger partial charge in [-0.2, -0.15) is 4.31 Å². The van der Waals surface area contributed by atoms with E-state index in [9.17, 15) is 8.42 Å². The summed E-state index contributed by atoms with van der Waals surface area (Å²) in [5.41, 5.74) is 1.97. The molecular weight excluding hydrogens is 420 g/mol. The lowest BCUT2D eigenvalue weighted by molar-refractivity contribution is 0.143. The molecule has 7 nitrogen and oxygen atoms in total. The molecule has 0 bridgehead atoms. The summed E-state index contributed by atoms with van der Waals surface area (Å²) in [6, 6.07) is 10.5. The summed E-state index contributed by atoms with van der Waals surface area (Å²) in [5.74, 6) is 0.185. The van der Waals surface area contributed by atoms with E-state index in [2.05, 4.69) is 33.2 Å². The number of fused-ring (bicyclic) bond motifs is 2. The first kappa shape index (κ1) is 19.6. The second-order valence-corrected chi connectivity index (χ2v) is 10.5. The van der Waals surface area contributed by atoms with Crippen molar-refractivity contribution in [3.63, 3.8) is 0 Å². The van der Waals surface area contributed by atoms with Gasteiger partial charge >= 0.3 is 0 Å². The number of thiophene rings is 1. The maximum absolute atomic E-state index is 13.6. The fourth-order valence-electron chi connectivity index (χ4n) is 4.09. The highest BCUT2D eigenvalue weighted by molar-refractivity contribution is 7.89. The van der Waals surface area contributed by atoms with E-state index in [1.165, 1.54) is 10.4 Å². The maximum atomic E-state index is 13.6. The normalized spacial score (nSPS) is 23.4. The summed E-state index contributed by atoms with van der Waals surface area (Å²) >= 11 is 1.73. The zero-order valence-corrected chi connectivity index (χ0v) is 18.1. The first-order valence-corrected chi connectivity index (χ1v) is 12.1. The number of aryl methyl sites for hydroxylation is 1. The number of aromatic nitrogens is 2. The molecule has 9 heteroatoms. The van der Waals surface area contributed by atoms with Crippen LogP contribution in [0.15, 0.2) is 59.1 Å². The summed E-state index contributed by atoms with van der Waals surface area (Å²) in [6.45, 7) is 4.34. The van der Waals surface area contributed by atoms with Crippen molar-refractivity contribution in [3.8, 4) is 5.88 Å². The van der Waals surface area contributed by atoms with Crippen LogP contribution < -0.4 is 4.74 Å². The molecule has 1 saturated heterocycles. The van der Waals surface area contributed by atoms with E-state index in [1.807, 2.05) is 18.2 Å². The number of ether oxygens (including phenoxy) is 1. The number of hydrogen-bond donors (Lipinski definition) is 0. The Bertz CT molecular complexity index is 1150. The average Bonchev–Trinajstić information content (AvgIpc) is 3.31. The van der Waals surface area contributed by atoms with Crippen LogP contribution in [-0.2, 0) is 23.1 Å². The smallest absolute Gasteiger partial charge is 0.249 e. The first-order chi connectivity index (χ1) is 14.5. The molecule has 0 saturated carbocycles. The molecule has 3 aromatic heterocycles. The molecule has 5 rings (SSSR count). The van der Waals surface area contributed by atoms with Gasteiger partial charge in [0.25, 0.3) is 0 Å². The third-order valence-corrected chi connectivity index (χ3v) is 8.54. The Labute approximate surface area is 180 Å². The number of nitrogens with zero attached hydrogens (tertiary/aromatic N) is 4. The Kier molecular flexibility index (Phi) is 5.06. The van der Waals surface area contributed by atoms with Gasteiger partial charge in [0.05, 0.1) is 18.3 Å². The van der Waals surface area contributed by atoms with Crippen molar-refractivity contribution in [1.82, 2.24) is 19.2 Å². The van der Waals surface area contributed by atoms with Gasteiger partial charge in [0.2, 0.25) is 15.9 Å². The summed E-state index contributed by atoms with van der Waals surface area (Å²) < 4.78 is 34.9. The van der Waals surface area contributed by atoms with Crippen LogP contribution in [0.5, 0.6) is 5.88 Å². The first-order valence-electron chi connectivity index (χ1n) is 9.81. The fraction of sp³-hybridized carbons (Fsp3) is 0.333. The molecule has 0 spiro atoms. The van der Waals surface area contributed by atoms with Crippen molar-refractivity contribution in [2.45, 2.75) is 37.1 Å². The zero-order chi connectivity index (χ0) is 20.7. The highest BCUT2D eigenvalue weighted by Gasteiger charge is 2.47. The Morgan fingerprint density at radius 2 is 1.97 bits per heavy atom. The van der Waals surface area contributed by atoms with Gasteiger partial charge in [-0.05, 0) is 48.2 Å². The van der Waals surface area contributed by atoms with Crippen molar-refractivity contribution >= 4 is 21.4 Å². The van der Waals surface area contributed by atoms with Crippen LogP contribution in [0.25, 0.3) is 0 Å². The lowest BCUT2D eigenvalue weighted by Crippen LogP contribution is -2.46. The molecule has 2 aliphatic heterocycles. The van der Waals surface area contributed by atoms with Crippen molar-refractivity contribution < 1.29 is 13.2 Å². The minimum absolute atomic E-state index is 0.121. The Morgan fingerprint density at radius 1 is 1.10 bits per heavy atom. The standard InChI is InChI=1S/C21H22N4O3S2/c1-15-7-10-29-19(15)14-24-12-17-18(13-24)28-21-20(6-4-9-23-21)30(26,27)25(17)11-16-5-2-3-8-22-16/h2-10,17-18H,11-14H2,1H3. The third-order valence-electron chi connectivity index (χ3n) is 5.65. The highest BCUT2D eigenvalue weighted by Crippen LogP contribution is 2.36. The molecule has 0 N–H and O–H groups in total. The molecule has 156 valence electrons. The average molecular weight is 443 g/mol. The quantitative estimate of drug-likeness (QED) is 0.618. The summed E-state index contributed by atoms with van der Waals surface area (Å²) in [6.07, 6.45) is 2.96. The second kappa shape index (κ2) is 7.73. The third kappa shape index (κ3) is 3.51. The van der Waals surface area contributed by atoms with Crippen molar-refractivity contribution in [1.29, 1.82) is 0 Å². The van der Waals surface area contributed by atoms with Crippen LogP contribution in [-0.4, -0.2) is 52.8 Å². The van der Waals surface area contributed by atoms with Gasteiger partial charge in [0.1, 0.15) is 11.0 Å². The summed E-state index contributed by atoms with van der Waals surface area (Å²) in [5, 5.41) is 2.09. The van der Waals surface area contributed by atoms with E-state index >= 15 is 0 Å². The predicted molar refractivity (Wildman–Crippen MR) is 114 cm³/mol. The summed E-state index contributed by atoms with van der Waals surface area (Å²) in [7, 11) is -3.78. The molecule has 3 aromatic rings. The molecule has 1 fully saturated rings. The van der Waals surface area contributed by atoms with E-state index in [-0.39, 0.29) is 29.5 Å². The number of likely N-dealkylation sites (tertiary alicyclic amines) is 1. The molecule has 5 heterocycles. The van der Waals surface area contributed by atoms with Crippen molar-refractivity contribution in [3.05, 3.63) is 70.3 Å². The fourth-order valence-corrected chi connectivity index (χ4v) is 6.72. The number of pyridine rings is 2. The van der Waals surface area contributed by atoms with Gasteiger partial charge < -0.3 is 4.74 Å². The second-order valence-electron chi connectivity index (χ2n) is 7.62. The predicted octanol–water partition coefficient (Wildman–Crippen LogP) is 2.68. The van der Waals surface area contributed by atoms with Gasteiger partial charge in [-0.3, -0.25) is 9.88 Å².